The highest BCUT2D eigenvalue weighted by Crippen LogP contribution is 2.18. The number of H-pyrrole nitrogens is 1. The van der Waals surface area contributed by atoms with E-state index in [9.17, 15) is 9.59 Å². The van der Waals surface area contributed by atoms with Gasteiger partial charge < -0.3 is 5.73 Å². The molecule has 2 aromatic rings. The summed E-state index contributed by atoms with van der Waals surface area (Å²) in [5, 5.41) is 10.1. The van der Waals surface area contributed by atoms with E-state index in [1.807, 2.05) is 12.1 Å². The Morgan fingerprint density at radius 2 is 2.05 bits per heavy atom. The van der Waals surface area contributed by atoms with Gasteiger partial charge in [-0.15, -0.1) is 0 Å². The van der Waals surface area contributed by atoms with Crippen molar-refractivity contribution in [1.29, 1.82) is 5.41 Å². The Hall–Kier alpha value is -2.35. The second-order valence-corrected chi connectivity index (χ2v) is 5.04. The maximum atomic E-state index is 11.2. The van der Waals surface area contributed by atoms with Crippen LogP contribution in [0.1, 0.15) is 11.1 Å². The number of thioether (sulfide) groups is 1. The van der Waals surface area contributed by atoms with Crippen molar-refractivity contribution in [2.45, 2.75) is 10.9 Å². The molecule has 0 saturated heterocycles. The number of hydrogen-bond acceptors (Lipinski definition) is 5. The quantitative estimate of drug-likeness (QED) is 0.318. The summed E-state index contributed by atoms with van der Waals surface area (Å²) in [7, 11) is 1.62. The SMILES string of the molecule is Cn1[nH]c(=O)c(=O)nc1SCc1ccc(C(=N)N)cc1. The fourth-order valence-corrected chi connectivity index (χ4v) is 2.39. The summed E-state index contributed by atoms with van der Waals surface area (Å²) in [5.41, 5.74) is 5.51. The van der Waals surface area contributed by atoms with Crippen molar-refractivity contribution in [3.05, 3.63) is 56.1 Å². The summed E-state index contributed by atoms with van der Waals surface area (Å²) in [4.78, 5) is 26.0. The van der Waals surface area contributed by atoms with Crippen LogP contribution < -0.4 is 16.9 Å². The van der Waals surface area contributed by atoms with Crippen LogP contribution >= 0.6 is 11.8 Å². The first-order valence-corrected chi connectivity index (χ1v) is 6.69. The number of benzene rings is 1. The molecule has 0 aliphatic rings. The Labute approximate surface area is 118 Å². The lowest BCUT2D eigenvalue weighted by atomic mass is 10.1. The van der Waals surface area contributed by atoms with Crippen molar-refractivity contribution in [2.24, 2.45) is 12.8 Å². The maximum Gasteiger partial charge on any atom is 0.339 e. The van der Waals surface area contributed by atoms with Crippen molar-refractivity contribution < 1.29 is 0 Å². The maximum absolute atomic E-state index is 11.2. The number of aromatic nitrogens is 3. The van der Waals surface area contributed by atoms with Crippen molar-refractivity contribution in [3.63, 3.8) is 0 Å². The van der Waals surface area contributed by atoms with Gasteiger partial charge in [-0.1, -0.05) is 36.0 Å². The van der Waals surface area contributed by atoms with Gasteiger partial charge in [0.05, 0.1) is 0 Å². The molecular formula is C12H13N5O2S. The number of aryl methyl sites for hydroxylation is 1. The van der Waals surface area contributed by atoms with Crippen LogP contribution in [-0.4, -0.2) is 20.6 Å². The van der Waals surface area contributed by atoms with Gasteiger partial charge in [0, 0.05) is 18.4 Å². The van der Waals surface area contributed by atoms with Crippen molar-refractivity contribution in [1.82, 2.24) is 14.8 Å². The molecular weight excluding hydrogens is 278 g/mol. The molecule has 1 heterocycles. The van der Waals surface area contributed by atoms with E-state index in [1.54, 1.807) is 19.2 Å². The van der Waals surface area contributed by atoms with Crippen LogP contribution in [0.5, 0.6) is 0 Å². The van der Waals surface area contributed by atoms with E-state index in [2.05, 4.69) is 10.1 Å². The standard InChI is InChI=1S/C12H13N5O2S/c1-17-12(15-10(18)11(19)16-17)20-6-7-2-4-8(5-3-7)9(13)14/h2-5H,6H2,1H3,(H3,13,14)(H,16,19). The van der Waals surface area contributed by atoms with E-state index >= 15 is 0 Å². The molecule has 0 radical (unpaired) electrons. The average molecular weight is 291 g/mol. The van der Waals surface area contributed by atoms with Gasteiger partial charge >= 0.3 is 11.1 Å². The number of nitrogen functional groups attached to an aromatic ring is 1. The molecule has 2 rings (SSSR count). The number of hydrogen-bond donors (Lipinski definition) is 3. The zero-order valence-corrected chi connectivity index (χ0v) is 11.5. The van der Waals surface area contributed by atoms with Gasteiger partial charge in [0.1, 0.15) is 5.84 Å². The Morgan fingerprint density at radius 1 is 1.40 bits per heavy atom. The van der Waals surface area contributed by atoms with Gasteiger partial charge in [-0.2, -0.15) is 4.98 Å². The van der Waals surface area contributed by atoms with Crippen LogP contribution in [0.25, 0.3) is 0 Å². The molecule has 0 bridgehead atoms. The molecule has 1 aromatic carbocycles. The van der Waals surface area contributed by atoms with Crippen LogP contribution in [0.2, 0.25) is 0 Å². The van der Waals surface area contributed by atoms with Gasteiger partial charge in [0.15, 0.2) is 5.16 Å². The van der Waals surface area contributed by atoms with Crippen LogP contribution in [0.3, 0.4) is 0 Å². The van der Waals surface area contributed by atoms with Gasteiger partial charge in [-0.3, -0.25) is 24.8 Å². The Morgan fingerprint density at radius 3 is 2.65 bits per heavy atom. The second-order valence-electron chi connectivity index (χ2n) is 4.10. The van der Waals surface area contributed by atoms with Crippen LogP contribution in [0.15, 0.2) is 39.0 Å². The van der Waals surface area contributed by atoms with Gasteiger partial charge in [0.25, 0.3) is 0 Å². The third kappa shape index (κ3) is 3.15. The molecule has 0 amide bonds. The van der Waals surface area contributed by atoms with E-state index in [1.165, 1.54) is 16.4 Å². The first-order chi connectivity index (χ1) is 9.47. The molecule has 20 heavy (non-hydrogen) atoms. The zero-order chi connectivity index (χ0) is 14.7. The molecule has 0 spiro atoms. The highest BCUT2D eigenvalue weighted by Gasteiger charge is 2.05. The first kappa shape index (κ1) is 14.1. The molecule has 0 aliphatic heterocycles. The van der Waals surface area contributed by atoms with Crippen molar-refractivity contribution >= 4 is 17.6 Å². The lowest BCUT2D eigenvalue weighted by molar-refractivity contribution is 0.596. The topological polar surface area (TPSA) is 118 Å². The summed E-state index contributed by atoms with van der Waals surface area (Å²) >= 11 is 1.33. The number of nitrogens with one attached hydrogen (secondary N) is 2. The minimum absolute atomic E-state index is 0.0221. The van der Waals surface area contributed by atoms with E-state index < -0.39 is 11.1 Å². The molecule has 1 aromatic heterocycles. The number of rotatable bonds is 4. The second kappa shape index (κ2) is 5.74. The van der Waals surface area contributed by atoms with Crippen LogP contribution in [0.4, 0.5) is 0 Å². The lowest BCUT2D eigenvalue weighted by Crippen LogP contribution is -2.33. The number of aromatic amines is 1. The summed E-state index contributed by atoms with van der Waals surface area (Å²) < 4.78 is 1.42. The molecule has 4 N–H and O–H groups in total. The van der Waals surface area contributed by atoms with E-state index in [-0.39, 0.29) is 5.84 Å². The van der Waals surface area contributed by atoms with Crippen molar-refractivity contribution in [3.8, 4) is 0 Å². The highest BCUT2D eigenvalue weighted by atomic mass is 32.2. The van der Waals surface area contributed by atoms with Gasteiger partial charge in [-0.05, 0) is 5.56 Å². The number of nitrogens with zero attached hydrogens (tertiary/aromatic N) is 2. The molecule has 0 saturated carbocycles. The van der Waals surface area contributed by atoms with Gasteiger partial charge in [0.2, 0.25) is 0 Å². The van der Waals surface area contributed by atoms with E-state index in [0.717, 1.165) is 5.56 Å². The summed E-state index contributed by atoms with van der Waals surface area (Å²) in [6, 6.07) is 7.23. The van der Waals surface area contributed by atoms with Gasteiger partial charge in [-0.25, -0.2) is 0 Å². The molecule has 8 heteroatoms. The minimum Gasteiger partial charge on any atom is -0.384 e. The molecule has 104 valence electrons. The first-order valence-electron chi connectivity index (χ1n) is 5.71. The summed E-state index contributed by atoms with van der Waals surface area (Å²) in [6.07, 6.45) is 0. The minimum atomic E-state index is -0.794. The van der Waals surface area contributed by atoms with E-state index in [0.29, 0.717) is 16.5 Å². The smallest absolute Gasteiger partial charge is 0.339 e. The highest BCUT2D eigenvalue weighted by molar-refractivity contribution is 7.98. The Kier molecular flexibility index (Phi) is 4.04. The number of nitrogens with two attached hydrogens (primary N) is 1. The Balaban J connectivity index is 2.13. The zero-order valence-electron chi connectivity index (χ0n) is 10.7. The van der Waals surface area contributed by atoms with Crippen molar-refractivity contribution in [2.75, 3.05) is 0 Å². The third-order valence-electron chi connectivity index (χ3n) is 2.58. The van der Waals surface area contributed by atoms with E-state index in [4.69, 9.17) is 11.1 Å². The third-order valence-corrected chi connectivity index (χ3v) is 3.68. The molecule has 0 unspecified atom stereocenters. The normalized spacial score (nSPS) is 10.4. The predicted molar refractivity (Wildman–Crippen MR) is 77.1 cm³/mol. The fraction of sp³-hybridized carbons (Fsp3) is 0.167. The number of amidine groups is 1. The average Bonchev–Trinajstić information content (AvgIpc) is 2.42. The Bertz CT molecular complexity index is 748. The predicted octanol–water partition coefficient (Wildman–Crippen LogP) is 0.0450. The summed E-state index contributed by atoms with van der Waals surface area (Å²) in [6.45, 7) is 0. The fourth-order valence-electron chi connectivity index (χ4n) is 1.52. The van der Waals surface area contributed by atoms with Crippen LogP contribution in [-0.2, 0) is 12.8 Å². The largest absolute Gasteiger partial charge is 0.384 e. The molecule has 0 aliphatic carbocycles. The molecule has 7 nitrogen and oxygen atoms in total. The monoisotopic (exact) mass is 291 g/mol. The molecule has 0 atom stereocenters. The lowest BCUT2D eigenvalue weighted by Gasteiger charge is -2.06. The van der Waals surface area contributed by atoms with Crippen LogP contribution in [0, 0.1) is 5.41 Å². The summed E-state index contributed by atoms with van der Waals surface area (Å²) in [5.74, 6) is 0.610. The molecule has 0 fully saturated rings.